The number of anilines is 1. The van der Waals surface area contributed by atoms with Gasteiger partial charge in [-0.05, 0) is 48.7 Å². The van der Waals surface area contributed by atoms with Gasteiger partial charge < -0.3 is 15.0 Å². The van der Waals surface area contributed by atoms with E-state index >= 15 is 0 Å². The second-order valence-electron chi connectivity index (χ2n) is 6.91. The minimum absolute atomic E-state index is 0.119. The number of rotatable bonds is 7. The molecule has 0 aliphatic rings. The van der Waals surface area contributed by atoms with Crippen molar-refractivity contribution >= 4 is 33.4 Å². The summed E-state index contributed by atoms with van der Waals surface area (Å²) in [6.07, 6.45) is 0.909. The molecule has 2 amide bonds. The van der Waals surface area contributed by atoms with Crippen LogP contribution in [0.4, 0.5) is 5.69 Å². The predicted octanol–water partition coefficient (Wildman–Crippen LogP) is 4.83. The van der Waals surface area contributed by atoms with E-state index in [-0.39, 0.29) is 11.8 Å². The third kappa shape index (κ3) is 6.10. The van der Waals surface area contributed by atoms with E-state index in [0.717, 1.165) is 10.9 Å². The van der Waals surface area contributed by atoms with Gasteiger partial charge in [0.2, 0.25) is 0 Å². The standard InChI is InChI=1S/C21H25BrN2O3/c1-14(2)10-11-27-19-9-8-16(22)13-18(19)20(25)23-17-7-5-6-15(12-17)21(26)24(3)4/h5-9,12-14H,10-11H2,1-4H3,(H,23,25). The molecular formula is C21H25BrN2O3. The molecule has 144 valence electrons. The molecule has 0 unspecified atom stereocenters. The van der Waals surface area contributed by atoms with Gasteiger partial charge in [0.05, 0.1) is 12.2 Å². The topological polar surface area (TPSA) is 58.6 Å². The maximum absolute atomic E-state index is 12.8. The minimum atomic E-state index is -0.287. The quantitative estimate of drug-likeness (QED) is 0.681. The van der Waals surface area contributed by atoms with Crippen molar-refractivity contribution in [3.8, 4) is 5.75 Å². The summed E-state index contributed by atoms with van der Waals surface area (Å²) in [4.78, 5) is 26.4. The van der Waals surface area contributed by atoms with Crippen molar-refractivity contribution < 1.29 is 14.3 Å². The van der Waals surface area contributed by atoms with Gasteiger partial charge in [-0.1, -0.05) is 35.8 Å². The number of benzene rings is 2. The van der Waals surface area contributed by atoms with Crippen molar-refractivity contribution in [2.24, 2.45) is 5.92 Å². The van der Waals surface area contributed by atoms with Crippen molar-refractivity contribution in [3.63, 3.8) is 0 Å². The first-order valence-electron chi connectivity index (χ1n) is 8.83. The fourth-order valence-corrected chi connectivity index (χ4v) is 2.76. The molecule has 0 aromatic heterocycles. The van der Waals surface area contributed by atoms with E-state index in [2.05, 4.69) is 35.1 Å². The van der Waals surface area contributed by atoms with Crippen LogP contribution < -0.4 is 10.1 Å². The van der Waals surface area contributed by atoms with Gasteiger partial charge in [-0.2, -0.15) is 0 Å². The lowest BCUT2D eigenvalue weighted by molar-refractivity contribution is 0.0827. The van der Waals surface area contributed by atoms with Crippen molar-refractivity contribution in [1.82, 2.24) is 4.90 Å². The van der Waals surface area contributed by atoms with Gasteiger partial charge >= 0.3 is 0 Å². The number of carbonyl (C=O) groups excluding carboxylic acids is 2. The Labute approximate surface area is 168 Å². The van der Waals surface area contributed by atoms with Crippen LogP contribution >= 0.6 is 15.9 Å². The van der Waals surface area contributed by atoms with Gasteiger partial charge in [0, 0.05) is 29.8 Å². The first-order chi connectivity index (χ1) is 12.8. The Kier molecular flexibility index (Phi) is 7.42. The first-order valence-corrected chi connectivity index (χ1v) is 9.62. The number of nitrogens with zero attached hydrogens (tertiary/aromatic N) is 1. The lowest BCUT2D eigenvalue weighted by Gasteiger charge is -2.14. The zero-order chi connectivity index (χ0) is 20.0. The summed E-state index contributed by atoms with van der Waals surface area (Å²) in [5, 5.41) is 2.85. The van der Waals surface area contributed by atoms with E-state index in [9.17, 15) is 9.59 Å². The molecule has 0 spiro atoms. The van der Waals surface area contributed by atoms with E-state index in [1.165, 1.54) is 4.90 Å². The van der Waals surface area contributed by atoms with Gasteiger partial charge in [-0.3, -0.25) is 9.59 Å². The molecule has 27 heavy (non-hydrogen) atoms. The molecule has 0 heterocycles. The number of hydrogen-bond acceptors (Lipinski definition) is 3. The molecule has 6 heteroatoms. The molecule has 2 aromatic rings. The molecule has 0 aliphatic heterocycles. The molecule has 2 aromatic carbocycles. The highest BCUT2D eigenvalue weighted by atomic mass is 79.9. The van der Waals surface area contributed by atoms with Crippen LogP contribution in [0.3, 0.4) is 0 Å². The van der Waals surface area contributed by atoms with Crippen LogP contribution in [0.2, 0.25) is 0 Å². The molecule has 0 saturated heterocycles. The summed E-state index contributed by atoms with van der Waals surface area (Å²) in [6.45, 7) is 4.80. The third-order valence-corrected chi connectivity index (χ3v) is 4.41. The summed E-state index contributed by atoms with van der Waals surface area (Å²) in [5.41, 5.74) is 1.51. The SMILES string of the molecule is CC(C)CCOc1ccc(Br)cc1C(=O)Nc1cccc(C(=O)N(C)C)c1. The van der Waals surface area contributed by atoms with Crippen molar-refractivity contribution in [2.75, 3.05) is 26.0 Å². The number of amides is 2. The molecule has 1 N–H and O–H groups in total. The Balaban J connectivity index is 2.19. The van der Waals surface area contributed by atoms with Crippen molar-refractivity contribution in [2.45, 2.75) is 20.3 Å². The predicted molar refractivity (Wildman–Crippen MR) is 112 cm³/mol. The lowest BCUT2D eigenvalue weighted by atomic mass is 10.1. The third-order valence-electron chi connectivity index (χ3n) is 3.91. The number of halogens is 1. The molecule has 0 bridgehead atoms. The monoisotopic (exact) mass is 432 g/mol. The molecule has 0 aliphatic carbocycles. The normalized spacial score (nSPS) is 10.6. The summed E-state index contributed by atoms with van der Waals surface area (Å²) in [6, 6.07) is 12.2. The summed E-state index contributed by atoms with van der Waals surface area (Å²) in [5.74, 6) is 0.656. The van der Waals surface area contributed by atoms with Crippen molar-refractivity contribution in [1.29, 1.82) is 0 Å². The van der Waals surface area contributed by atoms with Crippen LogP contribution in [0, 0.1) is 5.92 Å². The lowest BCUT2D eigenvalue weighted by Crippen LogP contribution is -2.22. The Morgan fingerprint density at radius 1 is 1.15 bits per heavy atom. The summed E-state index contributed by atoms with van der Waals surface area (Å²) >= 11 is 3.40. The summed E-state index contributed by atoms with van der Waals surface area (Å²) < 4.78 is 6.60. The molecule has 0 radical (unpaired) electrons. The zero-order valence-corrected chi connectivity index (χ0v) is 17.7. The van der Waals surface area contributed by atoms with Crippen LogP contribution in [-0.4, -0.2) is 37.4 Å². The highest BCUT2D eigenvalue weighted by Gasteiger charge is 2.15. The average molecular weight is 433 g/mol. The smallest absolute Gasteiger partial charge is 0.259 e. The fourth-order valence-electron chi connectivity index (χ4n) is 2.40. The van der Waals surface area contributed by atoms with Crippen LogP contribution in [-0.2, 0) is 0 Å². The maximum Gasteiger partial charge on any atom is 0.259 e. The number of hydrogen-bond donors (Lipinski definition) is 1. The molecule has 5 nitrogen and oxygen atoms in total. The fraction of sp³-hybridized carbons (Fsp3) is 0.333. The molecule has 2 rings (SSSR count). The van der Waals surface area contributed by atoms with Crippen LogP contribution in [0.5, 0.6) is 5.75 Å². The minimum Gasteiger partial charge on any atom is -0.493 e. The van der Waals surface area contributed by atoms with Gasteiger partial charge in [0.1, 0.15) is 5.75 Å². The largest absolute Gasteiger partial charge is 0.493 e. The second kappa shape index (κ2) is 9.55. The Hall–Kier alpha value is -2.34. The number of ether oxygens (including phenoxy) is 1. The highest BCUT2D eigenvalue weighted by Crippen LogP contribution is 2.25. The molecule has 0 atom stereocenters. The van der Waals surface area contributed by atoms with Gasteiger partial charge in [-0.25, -0.2) is 0 Å². The van der Waals surface area contributed by atoms with E-state index in [1.807, 2.05) is 6.07 Å². The van der Waals surface area contributed by atoms with E-state index in [0.29, 0.717) is 35.1 Å². The van der Waals surface area contributed by atoms with E-state index in [4.69, 9.17) is 4.74 Å². The number of carbonyl (C=O) groups is 2. The van der Waals surface area contributed by atoms with Crippen LogP contribution in [0.25, 0.3) is 0 Å². The van der Waals surface area contributed by atoms with Crippen LogP contribution in [0.1, 0.15) is 41.0 Å². The van der Waals surface area contributed by atoms with Gasteiger partial charge in [-0.15, -0.1) is 0 Å². The first kappa shape index (κ1) is 21.0. The molecular weight excluding hydrogens is 408 g/mol. The number of nitrogens with one attached hydrogen (secondary N) is 1. The highest BCUT2D eigenvalue weighted by molar-refractivity contribution is 9.10. The zero-order valence-electron chi connectivity index (χ0n) is 16.1. The van der Waals surface area contributed by atoms with E-state index < -0.39 is 0 Å². The second-order valence-corrected chi connectivity index (χ2v) is 7.82. The van der Waals surface area contributed by atoms with E-state index in [1.54, 1.807) is 50.5 Å². The maximum atomic E-state index is 12.8. The van der Waals surface area contributed by atoms with Crippen LogP contribution in [0.15, 0.2) is 46.9 Å². The Morgan fingerprint density at radius 3 is 2.56 bits per heavy atom. The summed E-state index contributed by atoms with van der Waals surface area (Å²) in [7, 11) is 3.38. The Bertz CT molecular complexity index is 819. The van der Waals surface area contributed by atoms with Gasteiger partial charge in [0.25, 0.3) is 11.8 Å². The van der Waals surface area contributed by atoms with Gasteiger partial charge in [0.15, 0.2) is 0 Å². The Morgan fingerprint density at radius 2 is 1.89 bits per heavy atom. The average Bonchev–Trinajstić information content (AvgIpc) is 2.62. The molecule has 0 fully saturated rings. The van der Waals surface area contributed by atoms with Crippen molar-refractivity contribution in [3.05, 3.63) is 58.1 Å². The molecule has 0 saturated carbocycles.